The molecule has 0 radical (unpaired) electrons. The number of H-pyrrole nitrogens is 1. The summed E-state index contributed by atoms with van der Waals surface area (Å²) in [5, 5.41) is 9.77. The highest BCUT2D eigenvalue weighted by molar-refractivity contribution is 6.04. The second-order valence-electron chi connectivity index (χ2n) is 7.83. The number of hydrogen-bond acceptors (Lipinski definition) is 8. The summed E-state index contributed by atoms with van der Waals surface area (Å²) >= 11 is 0. The molecule has 0 bridgehead atoms. The number of rotatable bonds is 5. The zero-order chi connectivity index (χ0) is 24.5. The maximum Gasteiger partial charge on any atom is 0.291 e. The van der Waals surface area contributed by atoms with Gasteiger partial charge in [0.15, 0.2) is 0 Å². The molecule has 3 heterocycles. The van der Waals surface area contributed by atoms with Crippen molar-refractivity contribution in [2.45, 2.75) is 12.5 Å². The molecule has 4 aromatic rings. The molecule has 2 aromatic heterocycles. The maximum absolute atomic E-state index is 13.9. The molecule has 1 aliphatic heterocycles. The van der Waals surface area contributed by atoms with Crippen LogP contribution in [-0.2, 0) is 11.2 Å². The van der Waals surface area contributed by atoms with Crippen molar-refractivity contribution in [3.05, 3.63) is 65.8 Å². The van der Waals surface area contributed by atoms with Crippen LogP contribution in [0, 0.1) is 5.82 Å². The number of methoxy groups -OCH3 is 1. The van der Waals surface area contributed by atoms with E-state index in [1.165, 1.54) is 24.4 Å². The van der Waals surface area contributed by atoms with Crippen LogP contribution in [0.25, 0.3) is 10.9 Å². The number of amides is 2. The molecule has 2 amide bonds. The molecule has 1 aliphatic rings. The highest BCUT2D eigenvalue weighted by Gasteiger charge is 2.32. The molecule has 178 valence electrons. The van der Waals surface area contributed by atoms with E-state index in [4.69, 9.17) is 9.47 Å². The summed E-state index contributed by atoms with van der Waals surface area (Å²) in [7, 11) is 3.08. The molecule has 0 aliphatic carbocycles. The summed E-state index contributed by atoms with van der Waals surface area (Å²) < 4.78 is 25.0. The number of likely N-dealkylation sites (N-methyl/N-ethyl adjacent to an activating group) is 1. The lowest BCUT2D eigenvalue weighted by Gasteiger charge is -2.20. The molecule has 35 heavy (non-hydrogen) atoms. The van der Waals surface area contributed by atoms with E-state index in [1.54, 1.807) is 37.4 Å². The van der Waals surface area contributed by atoms with Gasteiger partial charge in [0.2, 0.25) is 11.7 Å². The first-order valence-corrected chi connectivity index (χ1v) is 10.6. The second-order valence-corrected chi connectivity index (χ2v) is 7.83. The molecule has 1 atom stereocenters. The number of aromatic nitrogens is 5. The Hall–Kier alpha value is -4.61. The predicted molar refractivity (Wildman–Crippen MR) is 122 cm³/mol. The van der Waals surface area contributed by atoms with Crippen LogP contribution in [0.15, 0.2) is 42.7 Å². The van der Waals surface area contributed by atoms with Crippen LogP contribution in [0.2, 0.25) is 0 Å². The minimum Gasteiger partial charge on any atom is -0.489 e. The molecule has 0 saturated heterocycles. The van der Waals surface area contributed by atoms with Crippen LogP contribution in [-0.4, -0.2) is 63.8 Å². The molecular formula is C23H20FN7O4. The zero-order valence-corrected chi connectivity index (χ0v) is 18.8. The normalized spacial score (nSPS) is 15.3. The first-order chi connectivity index (χ1) is 16.9. The molecule has 11 nitrogen and oxygen atoms in total. The summed E-state index contributed by atoms with van der Waals surface area (Å²) in [6.45, 7) is -0.109. The Balaban J connectivity index is 1.34. The summed E-state index contributed by atoms with van der Waals surface area (Å²) in [6.07, 6.45) is 1.51. The van der Waals surface area contributed by atoms with E-state index in [0.717, 1.165) is 0 Å². The van der Waals surface area contributed by atoms with Gasteiger partial charge in [-0.1, -0.05) is 18.2 Å². The molecule has 0 saturated carbocycles. The summed E-state index contributed by atoms with van der Waals surface area (Å²) in [4.78, 5) is 39.7. The largest absolute Gasteiger partial charge is 0.489 e. The van der Waals surface area contributed by atoms with Gasteiger partial charge in [0.25, 0.3) is 11.8 Å². The first kappa shape index (κ1) is 22.2. The van der Waals surface area contributed by atoms with E-state index in [-0.39, 0.29) is 24.7 Å². The van der Waals surface area contributed by atoms with Crippen molar-refractivity contribution in [1.82, 2.24) is 30.5 Å². The number of benzene rings is 2. The molecule has 12 heteroatoms. The number of halogens is 1. The highest BCUT2D eigenvalue weighted by atomic mass is 19.1. The molecular weight excluding hydrogens is 457 g/mol. The van der Waals surface area contributed by atoms with Gasteiger partial charge in [0, 0.05) is 19.5 Å². The van der Waals surface area contributed by atoms with E-state index in [0.29, 0.717) is 39.6 Å². The van der Waals surface area contributed by atoms with Crippen LogP contribution < -0.4 is 19.7 Å². The van der Waals surface area contributed by atoms with Crippen molar-refractivity contribution in [1.29, 1.82) is 0 Å². The highest BCUT2D eigenvalue weighted by Crippen LogP contribution is 2.36. The summed E-state index contributed by atoms with van der Waals surface area (Å²) in [5.74, 6) is -0.502. The molecule has 2 aromatic carbocycles. The molecule has 1 unspecified atom stereocenters. The number of fused-ring (bicyclic) bond motifs is 2. The maximum atomic E-state index is 13.9. The quantitative estimate of drug-likeness (QED) is 0.443. The zero-order valence-electron chi connectivity index (χ0n) is 18.8. The van der Waals surface area contributed by atoms with Gasteiger partial charge in [-0.25, -0.2) is 19.3 Å². The lowest BCUT2D eigenvalue weighted by Crippen LogP contribution is -2.49. The molecule has 5 rings (SSSR count). The summed E-state index contributed by atoms with van der Waals surface area (Å²) in [5.41, 5.74) is 1.48. The van der Waals surface area contributed by atoms with Gasteiger partial charge in [-0.3, -0.25) is 14.7 Å². The lowest BCUT2D eigenvalue weighted by molar-refractivity contribution is -0.120. The Morgan fingerprint density at radius 1 is 1.31 bits per heavy atom. The number of nitrogens with zero attached hydrogens (tertiary/aromatic N) is 5. The Morgan fingerprint density at radius 2 is 2.14 bits per heavy atom. The Labute approximate surface area is 198 Å². The Morgan fingerprint density at radius 3 is 2.94 bits per heavy atom. The van der Waals surface area contributed by atoms with E-state index >= 15 is 0 Å². The van der Waals surface area contributed by atoms with E-state index < -0.39 is 17.9 Å². The number of carbonyl (C=O) groups is 2. The Bertz CT molecular complexity index is 1440. The molecule has 2 N–H and O–H groups in total. The van der Waals surface area contributed by atoms with E-state index in [1.807, 2.05) is 0 Å². The lowest BCUT2D eigenvalue weighted by atomic mass is 10.1. The number of carbonyl (C=O) groups excluding carboxylic acids is 2. The third-order valence-electron chi connectivity index (χ3n) is 5.62. The Kier molecular flexibility index (Phi) is 5.69. The topological polar surface area (TPSA) is 135 Å². The minimum absolute atomic E-state index is 0.109. The SMILES string of the molecule is COc1ncnc2cc3c(cc12)N(C)C(=O)C(NC(=O)c1n[nH]c(Cc2ccccc2F)n1)CO3. The van der Waals surface area contributed by atoms with E-state index in [2.05, 4.69) is 30.5 Å². The van der Waals surface area contributed by atoms with Gasteiger partial charge < -0.3 is 19.7 Å². The number of hydrogen-bond donors (Lipinski definition) is 2. The second kappa shape index (κ2) is 8.97. The van der Waals surface area contributed by atoms with Gasteiger partial charge >= 0.3 is 0 Å². The molecule has 0 fully saturated rings. The average molecular weight is 477 g/mol. The fraction of sp³-hybridized carbons (Fsp3) is 0.217. The predicted octanol–water partition coefficient (Wildman–Crippen LogP) is 1.64. The fourth-order valence-corrected chi connectivity index (χ4v) is 3.81. The summed E-state index contributed by atoms with van der Waals surface area (Å²) in [6, 6.07) is 8.66. The van der Waals surface area contributed by atoms with Crippen LogP contribution in [0.4, 0.5) is 10.1 Å². The number of nitrogens with one attached hydrogen (secondary N) is 2. The van der Waals surface area contributed by atoms with Crippen LogP contribution in [0.1, 0.15) is 22.0 Å². The van der Waals surface area contributed by atoms with Crippen molar-refractivity contribution >= 4 is 28.4 Å². The fourth-order valence-electron chi connectivity index (χ4n) is 3.81. The van der Waals surface area contributed by atoms with Crippen LogP contribution in [0.3, 0.4) is 0 Å². The van der Waals surface area contributed by atoms with Gasteiger partial charge in [0.1, 0.15) is 36.4 Å². The standard InChI is InChI=1S/C23H20FN7O4/c1-31-17-8-13-15(25-11-26-22(13)34-2)9-18(17)35-10-16(23(31)33)27-21(32)20-28-19(29-30-20)7-12-5-3-4-6-14(12)24/h3-6,8-9,11,16H,7,10H2,1-2H3,(H,27,32)(H,28,29,30). The van der Waals surface area contributed by atoms with Gasteiger partial charge in [-0.15, -0.1) is 5.10 Å². The number of aromatic amines is 1. The first-order valence-electron chi connectivity index (χ1n) is 10.6. The van der Waals surface area contributed by atoms with Crippen molar-refractivity contribution in [2.75, 3.05) is 25.7 Å². The van der Waals surface area contributed by atoms with Crippen molar-refractivity contribution in [2.24, 2.45) is 0 Å². The number of ether oxygens (including phenoxy) is 2. The van der Waals surface area contributed by atoms with Crippen LogP contribution in [0.5, 0.6) is 11.6 Å². The third-order valence-corrected chi connectivity index (χ3v) is 5.62. The van der Waals surface area contributed by atoms with Crippen molar-refractivity contribution in [3.8, 4) is 11.6 Å². The average Bonchev–Trinajstić information content (AvgIpc) is 3.30. The number of anilines is 1. The van der Waals surface area contributed by atoms with Crippen molar-refractivity contribution < 1.29 is 23.5 Å². The van der Waals surface area contributed by atoms with E-state index in [9.17, 15) is 14.0 Å². The van der Waals surface area contributed by atoms with Crippen LogP contribution >= 0.6 is 0 Å². The third kappa shape index (κ3) is 4.21. The minimum atomic E-state index is -0.996. The van der Waals surface area contributed by atoms with Gasteiger partial charge in [0.05, 0.1) is 23.7 Å². The smallest absolute Gasteiger partial charge is 0.291 e. The van der Waals surface area contributed by atoms with Crippen molar-refractivity contribution in [3.63, 3.8) is 0 Å². The van der Waals surface area contributed by atoms with Gasteiger partial charge in [-0.2, -0.15) is 0 Å². The molecule has 0 spiro atoms. The monoisotopic (exact) mass is 477 g/mol. The van der Waals surface area contributed by atoms with Gasteiger partial charge in [-0.05, 0) is 17.7 Å².